The van der Waals surface area contributed by atoms with Gasteiger partial charge in [-0.15, -0.1) is 0 Å². The third kappa shape index (κ3) is 4.37. The molecular formula is C14H26N2O4. The number of nitrogens with zero attached hydrogens (tertiary/aromatic N) is 2. The molecule has 6 heteroatoms. The van der Waals surface area contributed by atoms with Gasteiger partial charge >= 0.3 is 12.0 Å². The van der Waals surface area contributed by atoms with Gasteiger partial charge in [0.25, 0.3) is 0 Å². The summed E-state index contributed by atoms with van der Waals surface area (Å²) in [7, 11) is 0. The fourth-order valence-corrected chi connectivity index (χ4v) is 2.33. The van der Waals surface area contributed by atoms with Crippen LogP contribution in [0.5, 0.6) is 0 Å². The number of amides is 2. The summed E-state index contributed by atoms with van der Waals surface area (Å²) in [5, 5.41) is 8.85. The van der Waals surface area contributed by atoms with Crippen molar-refractivity contribution in [3.05, 3.63) is 0 Å². The lowest BCUT2D eigenvalue weighted by Gasteiger charge is -2.43. The molecule has 1 aliphatic rings. The highest BCUT2D eigenvalue weighted by molar-refractivity contribution is 5.76. The smallest absolute Gasteiger partial charge is 0.320 e. The fraction of sp³-hybridized carbons (Fsp3) is 0.857. The van der Waals surface area contributed by atoms with Gasteiger partial charge in [-0.3, -0.25) is 4.79 Å². The van der Waals surface area contributed by atoms with Gasteiger partial charge in [-0.2, -0.15) is 0 Å². The maximum atomic E-state index is 12.7. The molecule has 1 atom stereocenters. The van der Waals surface area contributed by atoms with Crippen molar-refractivity contribution in [3.63, 3.8) is 0 Å². The number of carbonyl (C=O) groups excluding carboxylic acids is 1. The van der Waals surface area contributed by atoms with E-state index < -0.39 is 11.5 Å². The van der Waals surface area contributed by atoms with E-state index in [0.29, 0.717) is 19.8 Å². The predicted octanol–water partition coefficient (Wildman–Crippen LogP) is 1.79. The van der Waals surface area contributed by atoms with E-state index in [9.17, 15) is 9.59 Å². The van der Waals surface area contributed by atoms with Crippen LogP contribution >= 0.6 is 0 Å². The quantitative estimate of drug-likeness (QED) is 0.855. The zero-order valence-electron chi connectivity index (χ0n) is 12.9. The molecule has 2 amide bonds. The van der Waals surface area contributed by atoms with Gasteiger partial charge in [-0.1, -0.05) is 6.92 Å². The van der Waals surface area contributed by atoms with E-state index in [4.69, 9.17) is 9.84 Å². The Morgan fingerprint density at radius 3 is 2.55 bits per heavy atom. The fourth-order valence-electron chi connectivity index (χ4n) is 2.33. The zero-order valence-corrected chi connectivity index (χ0v) is 12.9. The number of urea groups is 1. The second-order valence-corrected chi connectivity index (χ2v) is 6.08. The molecule has 0 saturated carbocycles. The predicted molar refractivity (Wildman–Crippen MR) is 75.7 cm³/mol. The highest BCUT2D eigenvalue weighted by Crippen LogP contribution is 2.20. The van der Waals surface area contributed by atoms with E-state index in [-0.39, 0.29) is 25.0 Å². The number of carboxylic acid groups (broad SMARTS) is 1. The summed E-state index contributed by atoms with van der Waals surface area (Å²) in [6, 6.07) is -0.0140. The molecule has 1 unspecified atom stereocenters. The van der Waals surface area contributed by atoms with Gasteiger partial charge in [0.2, 0.25) is 0 Å². The molecule has 0 aromatic carbocycles. The summed E-state index contributed by atoms with van der Waals surface area (Å²) >= 11 is 0. The minimum atomic E-state index is -0.888. The lowest BCUT2D eigenvalue weighted by molar-refractivity contribution is -0.137. The Kier molecular flexibility index (Phi) is 5.80. The highest BCUT2D eigenvalue weighted by Gasteiger charge is 2.34. The minimum absolute atomic E-state index is 0.0376. The second kappa shape index (κ2) is 6.92. The standard InChI is InChI=1S/C14H26N2O4/c1-5-11-10-20-9-8-15(11)13(19)16(14(2,3)4)7-6-12(17)18/h11H,5-10H2,1-4H3,(H,17,18). The molecule has 1 rings (SSSR count). The maximum Gasteiger partial charge on any atom is 0.320 e. The molecule has 1 fully saturated rings. The number of rotatable bonds is 4. The van der Waals surface area contributed by atoms with Gasteiger partial charge in [0.05, 0.1) is 25.7 Å². The van der Waals surface area contributed by atoms with Crippen LogP contribution in [0, 0.1) is 0 Å². The summed E-state index contributed by atoms with van der Waals surface area (Å²) in [5.41, 5.74) is -0.400. The highest BCUT2D eigenvalue weighted by atomic mass is 16.5. The summed E-state index contributed by atoms with van der Waals surface area (Å²) in [5.74, 6) is -0.888. The molecule has 6 nitrogen and oxygen atoms in total. The van der Waals surface area contributed by atoms with Gasteiger partial charge in [0.15, 0.2) is 0 Å². The van der Waals surface area contributed by atoms with Crippen LogP contribution in [0.4, 0.5) is 4.79 Å². The Bertz CT molecular complexity index is 352. The maximum absolute atomic E-state index is 12.7. The molecule has 0 aromatic heterocycles. The first kappa shape index (κ1) is 16.8. The molecule has 0 aromatic rings. The molecule has 0 radical (unpaired) electrons. The molecule has 0 spiro atoms. The molecule has 116 valence electrons. The van der Waals surface area contributed by atoms with Crippen LogP contribution in [0.1, 0.15) is 40.5 Å². The van der Waals surface area contributed by atoms with Crippen molar-refractivity contribution in [2.24, 2.45) is 0 Å². The average molecular weight is 286 g/mol. The van der Waals surface area contributed by atoms with Crippen LogP contribution in [0.15, 0.2) is 0 Å². The van der Waals surface area contributed by atoms with Crippen molar-refractivity contribution in [1.82, 2.24) is 9.80 Å². The first-order valence-electron chi connectivity index (χ1n) is 7.15. The Balaban J connectivity index is 2.83. The number of aliphatic carboxylic acids is 1. The van der Waals surface area contributed by atoms with Crippen molar-refractivity contribution in [2.45, 2.75) is 52.1 Å². The molecular weight excluding hydrogens is 260 g/mol. The first-order chi connectivity index (χ1) is 9.27. The summed E-state index contributed by atoms with van der Waals surface area (Å²) < 4.78 is 5.41. The van der Waals surface area contributed by atoms with Gasteiger partial charge in [-0.05, 0) is 27.2 Å². The summed E-state index contributed by atoms with van der Waals surface area (Å²) in [4.78, 5) is 27.0. The Labute approximate surface area is 120 Å². The van der Waals surface area contributed by atoms with E-state index >= 15 is 0 Å². The molecule has 0 aliphatic carbocycles. The monoisotopic (exact) mass is 286 g/mol. The Morgan fingerprint density at radius 1 is 1.40 bits per heavy atom. The molecule has 1 N–H and O–H groups in total. The third-order valence-electron chi connectivity index (χ3n) is 3.53. The molecule has 0 bridgehead atoms. The van der Waals surface area contributed by atoms with Crippen molar-refractivity contribution >= 4 is 12.0 Å². The number of morpholine rings is 1. The lowest BCUT2D eigenvalue weighted by Crippen LogP contribution is -2.58. The SMILES string of the molecule is CCC1COCCN1C(=O)N(CCC(=O)O)C(C)(C)C. The molecule has 1 heterocycles. The van der Waals surface area contributed by atoms with Gasteiger partial charge in [-0.25, -0.2) is 4.79 Å². The van der Waals surface area contributed by atoms with Crippen LogP contribution in [0.25, 0.3) is 0 Å². The lowest BCUT2D eigenvalue weighted by atomic mass is 10.1. The Morgan fingerprint density at radius 2 is 2.05 bits per heavy atom. The van der Waals surface area contributed by atoms with Gasteiger partial charge < -0.3 is 19.6 Å². The molecule has 1 aliphatic heterocycles. The van der Waals surface area contributed by atoms with Crippen LogP contribution in [-0.4, -0.2) is 64.8 Å². The number of carbonyl (C=O) groups is 2. The van der Waals surface area contributed by atoms with Crippen molar-refractivity contribution < 1.29 is 19.4 Å². The van der Waals surface area contributed by atoms with Crippen molar-refractivity contribution in [1.29, 1.82) is 0 Å². The van der Waals surface area contributed by atoms with E-state index in [0.717, 1.165) is 6.42 Å². The van der Waals surface area contributed by atoms with Crippen molar-refractivity contribution in [2.75, 3.05) is 26.3 Å². The third-order valence-corrected chi connectivity index (χ3v) is 3.53. The van der Waals surface area contributed by atoms with E-state index in [1.807, 2.05) is 32.6 Å². The van der Waals surface area contributed by atoms with E-state index in [2.05, 4.69) is 0 Å². The van der Waals surface area contributed by atoms with Crippen molar-refractivity contribution in [3.8, 4) is 0 Å². The van der Waals surface area contributed by atoms with Gasteiger partial charge in [0, 0.05) is 18.6 Å². The molecule has 20 heavy (non-hydrogen) atoms. The van der Waals surface area contributed by atoms with Crippen LogP contribution < -0.4 is 0 Å². The van der Waals surface area contributed by atoms with Crippen LogP contribution in [-0.2, 0) is 9.53 Å². The number of carboxylic acids is 1. The van der Waals surface area contributed by atoms with Gasteiger partial charge in [0.1, 0.15) is 0 Å². The number of hydrogen-bond acceptors (Lipinski definition) is 3. The van der Waals surface area contributed by atoms with E-state index in [1.54, 1.807) is 4.90 Å². The second-order valence-electron chi connectivity index (χ2n) is 6.08. The average Bonchev–Trinajstić information content (AvgIpc) is 2.36. The minimum Gasteiger partial charge on any atom is -0.481 e. The topological polar surface area (TPSA) is 70.1 Å². The van der Waals surface area contributed by atoms with E-state index in [1.165, 1.54) is 0 Å². The van der Waals surface area contributed by atoms with Crippen LogP contribution in [0.2, 0.25) is 0 Å². The zero-order chi connectivity index (χ0) is 15.3. The largest absolute Gasteiger partial charge is 0.481 e. The number of hydrogen-bond donors (Lipinski definition) is 1. The summed E-state index contributed by atoms with van der Waals surface area (Å²) in [6.07, 6.45) is 0.798. The van der Waals surface area contributed by atoms with Crippen LogP contribution in [0.3, 0.4) is 0 Å². The number of ether oxygens (including phenoxy) is 1. The Hall–Kier alpha value is -1.30. The summed E-state index contributed by atoms with van der Waals surface area (Å²) in [6.45, 7) is 9.69. The first-order valence-corrected chi connectivity index (χ1v) is 7.15. The normalized spacial score (nSPS) is 19.8. The molecule has 1 saturated heterocycles.